The zero-order chi connectivity index (χ0) is 14.8. The van der Waals surface area contributed by atoms with Crippen LogP contribution in [0, 0.1) is 15.9 Å². The van der Waals surface area contributed by atoms with Gasteiger partial charge in [-0.25, -0.2) is 8.42 Å². The van der Waals surface area contributed by atoms with Crippen LogP contribution >= 0.6 is 0 Å². The van der Waals surface area contributed by atoms with Crippen LogP contribution in [0.2, 0.25) is 0 Å². The van der Waals surface area contributed by atoms with E-state index in [2.05, 4.69) is 4.72 Å². The SMILES string of the molecule is O=[N+]([O-])c1ccc(S(=O)(=O)Nc2ccccc2)cc1F. The minimum Gasteiger partial charge on any atom is -0.280 e. The number of hydrogen-bond donors (Lipinski definition) is 1. The lowest BCUT2D eigenvalue weighted by atomic mass is 10.3. The van der Waals surface area contributed by atoms with E-state index in [1.165, 1.54) is 12.1 Å². The molecule has 0 aromatic heterocycles. The van der Waals surface area contributed by atoms with Crippen LogP contribution in [-0.2, 0) is 10.0 Å². The highest BCUT2D eigenvalue weighted by molar-refractivity contribution is 7.92. The van der Waals surface area contributed by atoms with E-state index in [-0.39, 0.29) is 4.90 Å². The van der Waals surface area contributed by atoms with E-state index in [4.69, 9.17) is 0 Å². The van der Waals surface area contributed by atoms with Gasteiger partial charge < -0.3 is 0 Å². The molecule has 0 fully saturated rings. The monoisotopic (exact) mass is 296 g/mol. The molecule has 0 spiro atoms. The fourth-order valence-electron chi connectivity index (χ4n) is 1.52. The Balaban J connectivity index is 2.35. The normalized spacial score (nSPS) is 11.1. The van der Waals surface area contributed by atoms with Gasteiger partial charge in [-0.05, 0) is 18.2 Å². The molecule has 2 aromatic carbocycles. The molecule has 20 heavy (non-hydrogen) atoms. The molecule has 1 N–H and O–H groups in total. The number of rotatable bonds is 4. The van der Waals surface area contributed by atoms with Crippen molar-refractivity contribution in [3.63, 3.8) is 0 Å². The second kappa shape index (κ2) is 5.25. The average Bonchev–Trinajstić information content (AvgIpc) is 2.38. The van der Waals surface area contributed by atoms with Gasteiger partial charge in [-0.15, -0.1) is 0 Å². The standard InChI is InChI=1S/C12H9FN2O4S/c13-11-8-10(6-7-12(11)15(16)17)20(18,19)14-9-4-2-1-3-5-9/h1-8,14H. The molecule has 0 unspecified atom stereocenters. The van der Waals surface area contributed by atoms with E-state index < -0.39 is 26.5 Å². The van der Waals surface area contributed by atoms with E-state index in [1.54, 1.807) is 18.2 Å². The van der Waals surface area contributed by atoms with Crippen LogP contribution in [0.15, 0.2) is 53.4 Å². The summed E-state index contributed by atoms with van der Waals surface area (Å²) >= 11 is 0. The van der Waals surface area contributed by atoms with Crippen molar-refractivity contribution in [2.24, 2.45) is 0 Å². The fourth-order valence-corrected chi connectivity index (χ4v) is 2.59. The number of sulfonamides is 1. The van der Waals surface area contributed by atoms with E-state index in [0.29, 0.717) is 11.8 Å². The minimum atomic E-state index is -3.99. The van der Waals surface area contributed by atoms with Crippen LogP contribution in [-0.4, -0.2) is 13.3 Å². The molecule has 0 radical (unpaired) electrons. The van der Waals surface area contributed by atoms with E-state index in [1.807, 2.05) is 0 Å². The van der Waals surface area contributed by atoms with Crippen molar-refractivity contribution in [2.75, 3.05) is 4.72 Å². The van der Waals surface area contributed by atoms with Gasteiger partial charge in [0.15, 0.2) is 0 Å². The molecule has 2 aromatic rings. The van der Waals surface area contributed by atoms with Gasteiger partial charge in [-0.3, -0.25) is 14.8 Å². The first-order valence-corrected chi connectivity index (χ1v) is 6.90. The molecule has 0 saturated carbocycles. The molecule has 0 bridgehead atoms. The van der Waals surface area contributed by atoms with Crippen molar-refractivity contribution in [3.8, 4) is 0 Å². The number of hydrogen-bond acceptors (Lipinski definition) is 4. The molecule has 0 atom stereocenters. The van der Waals surface area contributed by atoms with Crippen molar-refractivity contribution in [2.45, 2.75) is 4.90 Å². The van der Waals surface area contributed by atoms with Crippen LogP contribution in [0.4, 0.5) is 15.8 Å². The van der Waals surface area contributed by atoms with Crippen molar-refractivity contribution in [1.29, 1.82) is 0 Å². The molecule has 0 heterocycles. The maximum Gasteiger partial charge on any atom is 0.304 e. The van der Waals surface area contributed by atoms with Gasteiger partial charge in [0.2, 0.25) is 5.82 Å². The lowest BCUT2D eigenvalue weighted by molar-refractivity contribution is -0.387. The number of nitrogens with one attached hydrogen (secondary N) is 1. The molecular weight excluding hydrogens is 287 g/mol. The molecule has 0 saturated heterocycles. The summed E-state index contributed by atoms with van der Waals surface area (Å²) in [6.07, 6.45) is 0. The molecule has 104 valence electrons. The first kappa shape index (κ1) is 13.9. The third-order valence-corrected chi connectivity index (χ3v) is 3.83. The van der Waals surface area contributed by atoms with Crippen molar-refractivity contribution < 1.29 is 17.7 Å². The third kappa shape index (κ3) is 2.91. The first-order chi connectivity index (χ1) is 9.40. The highest BCUT2D eigenvalue weighted by Gasteiger charge is 2.20. The summed E-state index contributed by atoms with van der Waals surface area (Å²) in [5, 5.41) is 10.5. The Hall–Kier alpha value is -2.48. The highest BCUT2D eigenvalue weighted by Crippen LogP contribution is 2.22. The highest BCUT2D eigenvalue weighted by atomic mass is 32.2. The molecule has 0 aliphatic heterocycles. The minimum absolute atomic E-state index is 0.311. The molecule has 0 aliphatic carbocycles. The van der Waals surface area contributed by atoms with Gasteiger partial charge in [-0.1, -0.05) is 18.2 Å². The maximum atomic E-state index is 13.4. The predicted molar refractivity (Wildman–Crippen MR) is 70.3 cm³/mol. The number of para-hydroxylation sites is 1. The van der Waals surface area contributed by atoms with Crippen LogP contribution in [0.5, 0.6) is 0 Å². The van der Waals surface area contributed by atoms with Gasteiger partial charge in [-0.2, -0.15) is 4.39 Å². The lowest BCUT2D eigenvalue weighted by Gasteiger charge is -2.07. The Morgan fingerprint density at radius 2 is 1.75 bits per heavy atom. The van der Waals surface area contributed by atoms with Gasteiger partial charge in [0.1, 0.15) is 0 Å². The second-order valence-electron chi connectivity index (χ2n) is 3.84. The van der Waals surface area contributed by atoms with Gasteiger partial charge in [0.05, 0.1) is 9.82 Å². The summed E-state index contributed by atoms with van der Waals surface area (Å²) in [5.41, 5.74) is -0.463. The summed E-state index contributed by atoms with van der Waals surface area (Å²) in [6.45, 7) is 0. The summed E-state index contributed by atoms with van der Waals surface area (Å²) in [4.78, 5) is 9.17. The number of nitrogens with zero attached hydrogens (tertiary/aromatic N) is 1. The lowest BCUT2D eigenvalue weighted by Crippen LogP contribution is -2.13. The fraction of sp³-hybridized carbons (Fsp3) is 0. The van der Waals surface area contributed by atoms with Gasteiger partial charge in [0, 0.05) is 17.8 Å². The molecule has 6 nitrogen and oxygen atoms in total. The Morgan fingerprint density at radius 1 is 1.10 bits per heavy atom. The zero-order valence-corrected chi connectivity index (χ0v) is 10.8. The van der Waals surface area contributed by atoms with Crippen molar-refractivity contribution in [1.82, 2.24) is 0 Å². The van der Waals surface area contributed by atoms with Crippen LogP contribution in [0.3, 0.4) is 0 Å². The van der Waals surface area contributed by atoms with Crippen molar-refractivity contribution >= 4 is 21.4 Å². The number of nitro groups is 1. The molecule has 2 rings (SSSR count). The van der Waals surface area contributed by atoms with Gasteiger partial charge in [0.25, 0.3) is 10.0 Å². The second-order valence-corrected chi connectivity index (χ2v) is 5.52. The number of halogens is 1. The summed E-state index contributed by atoms with van der Waals surface area (Å²) in [5.74, 6) is -1.20. The summed E-state index contributed by atoms with van der Waals surface area (Å²) < 4.78 is 39.7. The smallest absolute Gasteiger partial charge is 0.280 e. The first-order valence-electron chi connectivity index (χ1n) is 5.42. The van der Waals surface area contributed by atoms with E-state index in [9.17, 15) is 22.9 Å². The van der Waals surface area contributed by atoms with E-state index >= 15 is 0 Å². The Kier molecular flexibility index (Phi) is 3.66. The molecule has 8 heteroatoms. The topological polar surface area (TPSA) is 89.3 Å². The quantitative estimate of drug-likeness (QED) is 0.693. The largest absolute Gasteiger partial charge is 0.304 e. The van der Waals surface area contributed by atoms with E-state index in [0.717, 1.165) is 12.1 Å². The maximum absolute atomic E-state index is 13.4. The average molecular weight is 296 g/mol. The molecule has 0 aliphatic rings. The number of anilines is 1. The van der Waals surface area contributed by atoms with Gasteiger partial charge >= 0.3 is 5.69 Å². The van der Waals surface area contributed by atoms with Crippen LogP contribution < -0.4 is 4.72 Å². The summed E-state index contributed by atoms with van der Waals surface area (Å²) in [7, 11) is -3.99. The predicted octanol–water partition coefficient (Wildman–Crippen LogP) is 2.53. The Bertz CT molecular complexity index is 747. The third-order valence-electron chi connectivity index (χ3n) is 2.45. The Morgan fingerprint density at radius 3 is 2.30 bits per heavy atom. The zero-order valence-electron chi connectivity index (χ0n) is 9.99. The van der Waals surface area contributed by atoms with Crippen molar-refractivity contribution in [3.05, 3.63) is 64.5 Å². The Labute approximate surface area is 114 Å². The van der Waals surface area contributed by atoms with Crippen LogP contribution in [0.1, 0.15) is 0 Å². The molecule has 0 amide bonds. The number of benzene rings is 2. The molecular formula is C12H9FN2O4S. The van der Waals surface area contributed by atoms with Crippen LogP contribution in [0.25, 0.3) is 0 Å². The number of nitro benzene ring substituents is 1. The summed E-state index contributed by atoms with van der Waals surface area (Å²) in [6, 6.07) is 10.4.